The van der Waals surface area contributed by atoms with Gasteiger partial charge in [0.15, 0.2) is 0 Å². The number of hydrogen-bond acceptors (Lipinski definition) is 3. The summed E-state index contributed by atoms with van der Waals surface area (Å²) in [5, 5.41) is 10.1. The van der Waals surface area contributed by atoms with Crippen LogP contribution in [0.2, 0.25) is 0 Å². The largest absolute Gasteiger partial charge is 1.00 e. The number of carboxylic acid groups (broad SMARTS) is 1. The molecule has 0 bridgehead atoms. The van der Waals surface area contributed by atoms with E-state index in [9.17, 15) is 9.90 Å². The van der Waals surface area contributed by atoms with Crippen molar-refractivity contribution in [2.75, 3.05) is 6.61 Å². The first-order valence-corrected chi connectivity index (χ1v) is 4.96. The van der Waals surface area contributed by atoms with Crippen molar-refractivity contribution in [3.05, 3.63) is 27.1 Å². The molecule has 0 aliphatic heterocycles. The van der Waals surface area contributed by atoms with Gasteiger partial charge in [-0.15, -0.1) is 0 Å². The Labute approximate surface area is 120 Å². The van der Waals surface area contributed by atoms with Gasteiger partial charge in [-0.05, 0) is 34.1 Å². The van der Waals surface area contributed by atoms with Crippen LogP contribution in [-0.4, -0.2) is 12.6 Å². The molecule has 0 aliphatic carbocycles. The summed E-state index contributed by atoms with van der Waals surface area (Å²) in [7, 11) is 0. The summed E-state index contributed by atoms with van der Waals surface area (Å²) in [4.78, 5) is 10.1. The second-order valence-corrected chi connectivity index (χ2v) is 4.01. The van der Waals surface area contributed by atoms with Gasteiger partial charge >= 0.3 is 29.6 Å². The molecule has 0 amide bonds. The Kier molecular flexibility index (Phi) is 7.07. The van der Waals surface area contributed by atoms with Gasteiger partial charge in [-0.25, -0.2) is 0 Å². The molecule has 0 unspecified atom stereocenters. The van der Waals surface area contributed by atoms with E-state index in [1.165, 1.54) is 0 Å². The van der Waals surface area contributed by atoms with Crippen LogP contribution in [0.15, 0.2) is 27.1 Å². The van der Waals surface area contributed by atoms with Crippen LogP contribution in [0.3, 0.4) is 0 Å². The van der Waals surface area contributed by atoms with E-state index in [0.29, 0.717) is 10.2 Å². The molecule has 6 heteroatoms. The van der Waals surface area contributed by atoms with Gasteiger partial charge < -0.3 is 14.6 Å². The average Bonchev–Trinajstić information content (AvgIpc) is 2.02. The standard InChI is InChI=1S/C8H6Br2O3.Na/c9-5-1-2-7(6(10)3-5)13-4-8(11)12;/h1-3H,4H2,(H,11,12);/q;+1/p-1. The number of ether oxygens (including phenoxy) is 1. The molecule has 0 saturated carbocycles. The minimum atomic E-state index is -1.24. The number of carbonyl (C=O) groups excluding carboxylic acids is 1. The van der Waals surface area contributed by atoms with Crippen LogP contribution in [0, 0.1) is 0 Å². The molecule has 1 aromatic carbocycles. The monoisotopic (exact) mass is 330 g/mol. The first-order chi connectivity index (χ1) is 6.09. The molecule has 0 aliphatic rings. The fourth-order valence-corrected chi connectivity index (χ4v) is 1.89. The van der Waals surface area contributed by atoms with Crippen LogP contribution in [0.25, 0.3) is 0 Å². The molecule has 0 radical (unpaired) electrons. The fourth-order valence-electron chi connectivity index (χ4n) is 0.729. The maximum Gasteiger partial charge on any atom is 1.00 e. The van der Waals surface area contributed by atoms with E-state index < -0.39 is 12.6 Å². The summed E-state index contributed by atoms with van der Waals surface area (Å²) in [6, 6.07) is 5.19. The van der Waals surface area contributed by atoms with Gasteiger partial charge in [-0.2, -0.15) is 0 Å². The van der Waals surface area contributed by atoms with E-state index in [0.717, 1.165) is 4.47 Å². The zero-order chi connectivity index (χ0) is 9.84. The number of carbonyl (C=O) groups is 1. The summed E-state index contributed by atoms with van der Waals surface area (Å²) in [5.41, 5.74) is 0. The van der Waals surface area contributed by atoms with E-state index in [1.807, 2.05) is 0 Å². The zero-order valence-corrected chi connectivity index (χ0v) is 12.6. The van der Waals surface area contributed by atoms with Crippen LogP contribution >= 0.6 is 31.9 Å². The minimum Gasteiger partial charge on any atom is -0.546 e. The van der Waals surface area contributed by atoms with Gasteiger partial charge in [0.05, 0.1) is 10.4 Å². The number of rotatable bonds is 3. The molecule has 0 atom stereocenters. The van der Waals surface area contributed by atoms with E-state index >= 15 is 0 Å². The summed E-state index contributed by atoms with van der Waals surface area (Å²) in [5.74, 6) is -0.762. The predicted molar refractivity (Wildman–Crippen MR) is 52.3 cm³/mol. The van der Waals surface area contributed by atoms with Crippen molar-refractivity contribution >= 4 is 37.8 Å². The molecule has 0 heterocycles. The summed E-state index contributed by atoms with van der Waals surface area (Å²) in [6.07, 6.45) is 0. The quantitative estimate of drug-likeness (QED) is 0.623. The van der Waals surface area contributed by atoms with Crippen molar-refractivity contribution in [2.24, 2.45) is 0 Å². The third-order valence-electron chi connectivity index (χ3n) is 1.24. The first kappa shape index (κ1) is 14.5. The Bertz CT molecular complexity index is 330. The Hall–Kier alpha value is 0.450. The summed E-state index contributed by atoms with van der Waals surface area (Å²) >= 11 is 6.49. The molecule has 0 saturated heterocycles. The summed E-state index contributed by atoms with van der Waals surface area (Å²) in [6.45, 7) is -0.444. The smallest absolute Gasteiger partial charge is 0.546 e. The molecule has 0 fully saturated rings. The molecule has 1 aromatic rings. The van der Waals surface area contributed by atoms with Crippen molar-refractivity contribution in [3.63, 3.8) is 0 Å². The van der Waals surface area contributed by atoms with E-state index in [4.69, 9.17) is 4.74 Å². The van der Waals surface area contributed by atoms with Gasteiger partial charge in [0.25, 0.3) is 0 Å². The van der Waals surface area contributed by atoms with Crippen molar-refractivity contribution < 1.29 is 44.2 Å². The molecule has 70 valence electrons. The molecular formula is C8H5Br2NaO3. The Morgan fingerprint density at radius 2 is 2.07 bits per heavy atom. The molecule has 0 spiro atoms. The third-order valence-corrected chi connectivity index (χ3v) is 2.35. The molecule has 3 nitrogen and oxygen atoms in total. The van der Waals surface area contributed by atoms with Gasteiger partial charge in [-0.3, -0.25) is 0 Å². The number of benzene rings is 1. The second-order valence-electron chi connectivity index (χ2n) is 2.24. The van der Waals surface area contributed by atoms with Gasteiger partial charge in [0.1, 0.15) is 12.4 Å². The Morgan fingerprint density at radius 3 is 2.57 bits per heavy atom. The fraction of sp³-hybridized carbons (Fsp3) is 0.125. The number of carboxylic acids is 1. The minimum absolute atomic E-state index is 0. The topological polar surface area (TPSA) is 49.4 Å². The van der Waals surface area contributed by atoms with Gasteiger partial charge in [0, 0.05) is 4.47 Å². The third kappa shape index (κ3) is 4.79. The van der Waals surface area contributed by atoms with Crippen molar-refractivity contribution in [1.29, 1.82) is 0 Å². The molecule has 14 heavy (non-hydrogen) atoms. The van der Waals surface area contributed by atoms with Crippen LogP contribution in [0.1, 0.15) is 0 Å². The van der Waals surface area contributed by atoms with Gasteiger partial charge in [0.2, 0.25) is 0 Å². The molecule has 1 rings (SSSR count). The van der Waals surface area contributed by atoms with Crippen LogP contribution in [0.5, 0.6) is 5.75 Å². The van der Waals surface area contributed by atoms with E-state index in [1.54, 1.807) is 18.2 Å². The number of aliphatic carboxylic acids is 1. The van der Waals surface area contributed by atoms with Gasteiger partial charge in [-0.1, -0.05) is 15.9 Å². The maximum absolute atomic E-state index is 10.1. The van der Waals surface area contributed by atoms with Crippen molar-refractivity contribution in [3.8, 4) is 5.75 Å². The van der Waals surface area contributed by atoms with Crippen molar-refractivity contribution in [2.45, 2.75) is 0 Å². The first-order valence-electron chi connectivity index (χ1n) is 3.37. The van der Waals surface area contributed by atoms with E-state index in [-0.39, 0.29) is 29.6 Å². The Balaban J connectivity index is 0.00000169. The van der Waals surface area contributed by atoms with Crippen LogP contribution in [-0.2, 0) is 4.79 Å². The zero-order valence-electron chi connectivity index (χ0n) is 7.42. The SMILES string of the molecule is O=C([O-])COc1ccc(Br)cc1Br.[Na+]. The number of hydrogen-bond donors (Lipinski definition) is 0. The number of halogens is 2. The Morgan fingerprint density at radius 1 is 1.43 bits per heavy atom. The maximum atomic E-state index is 10.1. The normalized spacial score (nSPS) is 9.00. The predicted octanol–water partition coefficient (Wildman–Crippen LogP) is -1.66. The summed E-state index contributed by atoms with van der Waals surface area (Å²) < 4.78 is 6.51. The molecule has 0 N–H and O–H groups in total. The van der Waals surface area contributed by atoms with Crippen LogP contribution < -0.4 is 39.4 Å². The van der Waals surface area contributed by atoms with Crippen molar-refractivity contribution in [1.82, 2.24) is 0 Å². The van der Waals surface area contributed by atoms with E-state index in [2.05, 4.69) is 31.9 Å². The second kappa shape index (κ2) is 6.85. The molecule has 0 aromatic heterocycles. The van der Waals surface area contributed by atoms with Crippen LogP contribution in [0.4, 0.5) is 0 Å². The average molecular weight is 332 g/mol. The molecular weight excluding hydrogens is 327 g/mol.